The van der Waals surface area contributed by atoms with Gasteiger partial charge < -0.3 is 0 Å². The molecule has 2 saturated carbocycles. The normalized spacial score (nSPS) is 42.0. The SMILES string of the molecule is CC1CCC(C#N)(N=NC2(C#N)CCC(C)CC2)CC1. The molecule has 108 valence electrons. The molecule has 0 bridgehead atoms. The monoisotopic (exact) mass is 272 g/mol. The quantitative estimate of drug-likeness (QED) is 0.699. The van der Waals surface area contributed by atoms with E-state index in [1.165, 1.54) is 0 Å². The van der Waals surface area contributed by atoms with Crippen molar-refractivity contribution in [1.29, 1.82) is 10.5 Å². The van der Waals surface area contributed by atoms with E-state index < -0.39 is 11.1 Å². The van der Waals surface area contributed by atoms with E-state index in [2.05, 4.69) is 36.2 Å². The van der Waals surface area contributed by atoms with E-state index in [0.717, 1.165) is 51.4 Å². The van der Waals surface area contributed by atoms with E-state index in [0.29, 0.717) is 11.8 Å². The molecule has 0 aromatic heterocycles. The molecule has 0 heterocycles. The van der Waals surface area contributed by atoms with Crippen molar-refractivity contribution in [2.45, 2.75) is 76.3 Å². The maximum Gasteiger partial charge on any atom is 0.167 e. The van der Waals surface area contributed by atoms with Gasteiger partial charge in [-0.25, -0.2) is 0 Å². The van der Waals surface area contributed by atoms with Crippen LogP contribution in [0.2, 0.25) is 0 Å². The summed E-state index contributed by atoms with van der Waals surface area (Å²) in [6.45, 7) is 4.44. The van der Waals surface area contributed by atoms with Crippen molar-refractivity contribution in [1.82, 2.24) is 0 Å². The van der Waals surface area contributed by atoms with Crippen LogP contribution in [0.5, 0.6) is 0 Å². The summed E-state index contributed by atoms with van der Waals surface area (Å²) in [6.07, 6.45) is 7.26. The van der Waals surface area contributed by atoms with Gasteiger partial charge in [-0.1, -0.05) is 13.8 Å². The van der Waals surface area contributed by atoms with Crippen LogP contribution in [0.4, 0.5) is 0 Å². The summed E-state index contributed by atoms with van der Waals surface area (Å²) in [7, 11) is 0. The van der Waals surface area contributed by atoms with Gasteiger partial charge in [0.2, 0.25) is 0 Å². The minimum Gasteiger partial charge on any atom is -0.196 e. The fourth-order valence-corrected chi connectivity index (χ4v) is 3.14. The molecule has 2 aliphatic rings. The van der Waals surface area contributed by atoms with E-state index in [-0.39, 0.29) is 0 Å². The molecular formula is C16H24N4. The van der Waals surface area contributed by atoms with Crippen LogP contribution in [-0.4, -0.2) is 11.1 Å². The van der Waals surface area contributed by atoms with Crippen molar-refractivity contribution in [2.75, 3.05) is 0 Å². The van der Waals surface area contributed by atoms with Crippen LogP contribution < -0.4 is 0 Å². The summed E-state index contributed by atoms with van der Waals surface area (Å²) >= 11 is 0. The highest BCUT2D eigenvalue weighted by Gasteiger charge is 2.38. The Kier molecular flexibility index (Phi) is 4.43. The maximum absolute atomic E-state index is 9.47. The third kappa shape index (κ3) is 3.18. The zero-order valence-corrected chi connectivity index (χ0v) is 12.6. The molecule has 0 aromatic rings. The molecule has 0 aliphatic heterocycles. The molecule has 0 N–H and O–H groups in total. The van der Waals surface area contributed by atoms with Crippen LogP contribution in [0.15, 0.2) is 10.2 Å². The molecule has 2 rings (SSSR count). The molecule has 0 atom stereocenters. The molecule has 2 fully saturated rings. The lowest BCUT2D eigenvalue weighted by molar-refractivity contribution is 0.257. The summed E-state index contributed by atoms with van der Waals surface area (Å²) < 4.78 is 0. The number of rotatable bonds is 2. The van der Waals surface area contributed by atoms with Crippen LogP contribution in [0.3, 0.4) is 0 Å². The van der Waals surface area contributed by atoms with Crippen molar-refractivity contribution >= 4 is 0 Å². The fraction of sp³-hybridized carbons (Fsp3) is 0.875. The first-order chi connectivity index (χ1) is 9.53. The number of azo groups is 1. The van der Waals surface area contributed by atoms with Gasteiger partial charge in [0.25, 0.3) is 0 Å². The van der Waals surface area contributed by atoms with Gasteiger partial charge in [0.15, 0.2) is 11.1 Å². The summed E-state index contributed by atoms with van der Waals surface area (Å²) in [4.78, 5) is 0. The smallest absolute Gasteiger partial charge is 0.167 e. The Morgan fingerprint density at radius 2 is 1.05 bits per heavy atom. The van der Waals surface area contributed by atoms with Gasteiger partial charge in [0.1, 0.15) is 0 Å². The lowest BCUT2D eigenvalue weighted by Gasteiger charge is -2.32. The van der Waals surface area contributed by atoms with Gasteiger partial charge in [0.05, 0.1) is 12.1 Å². The zero-order valence-electron chi connectivity index (χ0n) is 12.6. The average Bonchev–Trinajstić information content (AvgIpc) is 2.49. The van der Waals surface area contributed by atoms with Crippen molar-refractivity contribution in [3.8, 4) is 12.1 Å². The number of hydrogen-bond donors (Lipinski definition) is 0. The number of nitriles is 2. The Hall–Kier alpha value is -1.42. The van der Waals surface area contributed by atoms with E-state index in [1.807, 2.05) is 0 Å². The molecule has 0 saturated heterocycles. The predicted octanol–water partition coefficient (Wildman–Crippen LogP) is 4.38. The molecule has 0 aromatic carbocycles. The molecule has 0 unspecified atom stereocenters. The van der Waals surface area contributed by atoms with E-state index in [4.69, 9.17) is 0 Å². The van der Waals surface area contributed by atoms with Gasteiger partial charge in [0, 0.05) is 0 Å². The maximum atomic E-state index is 9.47. The standard InChI is InChI=1S/C16H24N4/c1-13-3-7-15(11-17,8-4-13)19-20-16(12-18)9-5-14(2)6-10-16/h13-14H,3-10H2,1-2H3. The summed E-state index contributed by atoms with van der Waals surface area (Å²) in [5.41, 5.74) is -1.33. The second-order valence-electron chi connectivity index (χ2n) is 6.85. The Morgan fingerprint density at radius 3 is 1.30 bits per heavy atom. The molecule has 20 heavy (non-hydrogen) atoms. The molecule has 4 heteroatoms. The van der Waals surface area contributed by atoms with Crippen LogP contribution in [0.1, 0.15) is 65.2 Å². The average molecular weight is 272 g/mol. The molecule has 0 spiro atoms. The number of nitrogens with zero attached hydrogens (tertiary/aromatic N) is 4. The van der Waals surface area contributed by atoms with Crippen molar-refractivity contribution in [3.05, 3.63) is 0 Å². The van der Waals surface area contributed by atoms with Gasteiger partial charge in [-0.15, -0.1) is 0 Å². The van der Waals surface area contributed by atoms with E-state index >= 15 is 0 Å². The van der Waals surface area contributed by atoms with Gasteiger partial charge in [-0.2, -0.15) is 20.8 Å². The van der Waals surface area contributed by atoms with Crippen LogP contribution >= 0.6 is 0 Å². The largest absolute Gasteiger partial charge is 0.196 e. The van der Waals surface area contributed by atoms with Crippen LogP contribution in [0.25, 0.3) is 0 Å². The van der Waals surface area contributed by atoms with Gasteiger partial charge in [-0.05, 0) is 63.2 Å². The fourth-order valence-electron chi connectivity index (χ4n) is 3.14. The predicted molar refractivity (Wildman–Crippen MR) is 76.8 cm³/mol. The Labute approximate surface area is 121 Å². The second-order valence-corrected chi connectivity index (χ2v) is 6.85. The molecule has 4 nitrogen and oxygen atoms in total. The highest BCUT2D eigenvalue weighted by atomic mass is 15.2. The zero-order chi connectivity index (χ0) is 14.6. The minimum atomic E-state index is -0.667. The van der Waals surface area contributed by atoms with Crippen molar-refractivity contribution in [2.24, 2.45) is 22.1 Å². The minimum absolute atomic E-state index is 0.667. The van der Waals surface area contributed by atoms with Gasteiger partial charge in [-0.3, -0.25) is 0 Å². The first-order valence-electron chi connectivity index (χ1n) is 7.80. The number of hydrogen-bond acceptors (Lipinski definition) is 4. The third-order valence-corrected chi connectivity index (χ3v) is 5.05. The third-order valence-electron chi connectivity index (χ3n) is 5.05. The first-order valence-corrected chi connectivity index (χ1v) is 7.80. The van der Waals surface area contributed by atoms with Crippen LogP contribution in [-0.2, 0) is 0 Å². The van der Waals surface area contributed by atoms with E-state index in [1.54, 1.807) is 0 Å². The van der Waals surface area contributed by atoms with Gasteiger partial charge >= 0.3 is 0 Å². The van der Waals surface area contributed by atoms with Crippen LogP contribution in [0, 0.1) is 34.5 Å². The Morgan fingerprint density at radius 1 is 0.750 bits per heavy atom. The van der Waals surface area contributed by atoms with Crippen molar-refractivity contribution in [3.63, 3.8) is 0 Å². The lowest BCUT2D eigenvalue weighted by Crippen LogP contribution is -2.33. The molecule has 0 radical (unpaired) electrons. The van der Waals surface area contributed by atoms with E-state index in [9.17, 15) is 10.5 Å². The first kappa shape index (κ1) is 15.0. The summed E-state index contributed by atoms with van der Waals surface area (Å²) in [6, 6.07) is 4.72. The summed E-state index contributed by atoms with van der Waals surface area (Å²) in [5, 5.41) is 27.7. The highest BCUT2D eigenvalue weighted by Crippen LogP contribution is 2.38. The second kappa shape index (κ2) is 5.92. The molecule has 0 amide bonds. The summed E-state index contributed by atoms with van der Waals surface area (Å²) in [5.74, 6) is 1.35. The molecular weight excluding hydrogens is 248 g/mol. The Balaban J connectivity index is 2.10. The molecule has 2 aliphatic carbocycles. The highest BCUT2D eigenvalue weighted by molar-refractivity contribution is 5.12. The lowest BCUT2D eigenvalue weighted by atomic mass is 9.78. The Bertz CT molecular complexity index is 396. The van der Waals surface area contributed by atoms with Crippen molar-refractivity contribution < 1.29 is 0 Å². The topological polar surface area (TPSA) is 72.3 Å².